The Bertz CT molecular complexity index is 173. The molecule has 1 nitrogen and oxygen atoms in total. The Hall–Kier alpha value is -0.305. The lowest BCUT2D eigenvalue weighted by molar-refractivity contribution is 0.446. The molecule has 66 valence electrons. The van der Waals surface area contributed by atoms with Gasteiger partial charge in [-0.1, -0.05) is 32.2 Å². The molecule has 0 aliphatic heterocycles. The number of nitrogens with zero attached hydrogens (tertiary/aromatic N) is 1. The number of rotatable bonds is 5. The minimum absolute atomic E-state index is 0.825. The fraction of sp³-hybridized carbons (Fsp3) is 0.556. The van der Waals surface area contributed by atoms with E-state index >= 15 is 0 Å². The maximum atomic E-state index is 5.50. The Kier molecular flexibility index (Phi) is 6.08. The van der Waals surface area contributed by atoms with E-state index in [1.54, 1.807) is 11.8 Å². The van der Waals surface area contributed by atoms with Crippen LogP contribution in [0.2, 0.25) is 0 Å². The summed E-state index contributed by atoms with van der Waals surface area (Å²) in [4.78, 5) is 2.13. The fourth-order valence-corrected chi connectivity index (χ4v) is 1.30. The summed E-state index contributed by atoms with van der Waals surface area (Å²) in [5.41, 5.74) is 0.825. The third kappa shape index (κ3) is 5.36. The lowest BCUT2D eigenvalue weighted by atomic mass is 10.0. The molecule has 0 atom stereocenters. The lowest BCUT2D eigenvalue weighted by Gasteiger charge is -2.18. The van der Waals surface area contributed by atoms with Crippen LogP contribution in [0.3, 0.4) is 0 Å². The van der Waals surface area contributed by atoms with E-state index in [1.165, 1.54) is 0 Å². The van der Waals surface area contributed by atoms with E-state index in [9.17, 15) is 0 Å². The van der Waals surface area contributed by atoms with Crippen molar-refractivity contribution in [3.63, 3.8) is 0 Å². The minimum Gasteiger partial charge on any atom is -0.370 e. The minimum atomic E-state index is 0.825. The fourth-order valence-electron chi connectivity index (χ4n) is 0.711. The highest BCUT2D eigenvalue weighted by Gasteiger charge is 1.98. The van der Waals surface area contributed by atoms with Crippen molar-refractivity contribution in [2.24, 2.45) is 0 Å². The van der Waals surface area contributed by atoms with Crippen molar-refractivity contribution in [2.75, 3.05) is 13.6 Å². The van der Waals surface area contributed by atoms with Gasteiger partial charge in [-0.25, -0.2) is 0 Å². The molecule has 0 heterocycles. The molecule has 3 heteroatoms. The molecule has 0 aliphatic rings. The third-order valence-corrected chi connectivity index (χ3v) is 2.44. The van der Waals surface area contributed by atoms with E-state index in [4.69, 9.17) is 7.85 Å². The van der Waals surface area contributed by atoms with E-state index in [-0.39, 0.29) is 0 Å². The van der Waals surface area contributed by atoms with Gasteiger partial charge in [-0.3, -0.25) is 0 Å². The largest absolute Gasteiger partial charge is 0.370 e. The van der Waals surface area contributed by atoms with E-state index < -0.39 is 0 Å². The van der Waals surface area contributed by atoms with Crippen LogP contribution in [0.15, 0.2) is 22.5 Å². The van der Waals surface area contributed by atoms with E-state index in [0.29, 0.717) is 0 Å². The molecule has 0 unspecified atom stereocenters. The molecule has 0 aliphatic carbocycles. The van der Waals surface area contributed by atoms with Crippen molar-refractivity contribution in [3.8, 4) is 0 Å². The molecule has 0 saturated heterocycles. The van der Waals surface area contributed by atoms with Gasteiger partial charge in [0.05, 0.1) is 5.03 Å². The monoisotopic (exact) mass is 181 g/mol. The van der Waals surface area contributed by atoms with Gasteiger partial charge in [-0.05, 0) is 11.8 Å². The summed E-state index contributed by atoms with van der Waals surface area (Å²) in [5, 5.41) is 2.95. The molecule has 2 radical (unpaired) electrons. The molecule has 0 saturated carbocycles. The predicted octanol–water partition coefficient (Wildman–Crippen LogP) is 2.56. The van der Waals surface area contributed by atoms with Crippen molar-refractivity contribution < 1.29 is 0 Å². The molecule has 0 rings (SSSR count). The number of hydrogen-bond donors (Lipinski definition) is 0. The van der Waals surface area contributed by atoms with Crippen LogP contribution in [0, 0.1) is 0 Å². The van der Waals surface area contributed by atoms with Crippen molar-refractivity contribution in [1.29, 1.82) is 0 Å². The zero-order valence-electron chi connectivity index (χ0n) is 8.13. The first-order chi connectivity index (χ1) is 5.57. The maximum absolute atomic E-state index is 5.50. The van der Waals surface area contributed by atoms with E-state index in [0.717, 1.165) is 23.5 Å². The second kappa shape index (κ2) is 6.24. The van der Waals surface area contributed by atoms with Crippen LogP contribution >= 0.6 is 11.8 Å². The topological polar surface area (TPSA) is 3.24 Å². The van der Waals surface area contributed by atoms with Gasteiger partial charge in [0.1, 0.15) is 7.85 Å². The van der Waals surface area contributed by atoms with Crippen molar-refractivity contribution in [2.45, 2.75) is 20.3 Å². The standard InChI is InChI=1S/C9H16BNS/c1-5-6-11(4)9(3)12-7-8(2)10/h7H,3,5-6H2,1-2,4H3/b8-7+. The Labute approximate surface area is 81.3 Å². The summed E-state index contributed by atoms with van der Waals surface area (Å²) >= 11 is 1.58. The highest BCUT2D eigenvalue weighted by Crippen LogP contribution is 2.18. The van der Waals surface area contributed by atoms with Gasteiger partial charge >= 0.3 is 0 Å². The van der Waals surface area contributed by atoms with Crippen LogP contribution in [-0.2, 0) is 0 Å². The van der Waals surface area contributed by atoms with Crippen molar-refractivity contribution >= 4 is 19.6 Å². The van der Waals surface area contributed by atoms with E-state index in [1.807, 2.05) is 19.4 Å². The second-order valence-corrected chi connectivity index (χ2v) is 3.74. The average Bonchev–Trinajstić information content (AvgIpc) is 2.00. The highest BCUT2D eigenvalue weighted by atomic mass is 32.2. The summed E-state index contributed by atoms with van der Waals surface area (Å²) in [6, 6.07) is 0. The van der Waals surface area contributed by atoms with Crippen LogP contribution in [-0.4, -0.2) is 26.3 Å². The number of thioether (sulfide) groups is 1. The zero-order valence-corrected chi connectivity index (χ0v) is 8.95. The molecule has 0 bridgehead atoms. The molecule has 0 fully saturated rings. The SMILES string of the molecule is [B]/C(C)=C/SC(=C)N(C)CCC. The summed E-state index contributed by atoms with van der Waals surface area (Å²) in [7, 11) is 7.54. The van der Waals surface area contributed by atoms with Crippen LogP contribution in [0.1, 0.15) is 20.3 Å². The average molecular weight is 181 g/mol. The molecule has 0 aromatic carbocycles. The summed E-state index contributed by atoms with van der Waals surface area (Å²) in [5.74, 6) is 0. The van der Waals surface area contributed by atoms with Crippen LogP contribution in [0.5, 0.6) is 0 Å². The van der Waals surface area contributed by atoms with Gasteiger partial charge < -0.3 is 4.90 Å². The summed E-state index contributed by atoms with van der Waals surface area (Å²) < 4.78 is 0. The summed E-state index contributed by atoms with van der Waals surface area (Å²) in [6.07, 6.45) is 1.14. The lowest BCUT2D eigenvalue weighted by Crippen LogP contribution is -2.15. The number of allylic oxidation sites excluding steroid dienone is 1. The predicted molar refractivity (Wildman–Crippen MR) is 59.2 cm³/mol. The van der Waals surface area contributed by atoms with Gasteiger partial charge in [0, 0.05) is 13.6 Å². The first-order valence-corrected chi connectivity index (χ1v) is 4.94. The molecular formula is C9H16BNS. The maximum Gasteiger partial charge on any atom is 0.108 e. The van der Waals surface area contributed by atoms with Crippen LogP contribution in [0.4, 0.5) is 0 Å². The summed E-state index contributed by atoms with van der Waals surface area (Å²) in [6.45, 7) is 9.01. The van der Waals surface area contributed by atoms with E-state index in [2.05, 4.69) is 18.4 Å². The first-order valence-electron chi connectivity index (χ1n) is 4.06. The van der Waals surface area contributed by atoms with Crippen molar-refractivity contribution in [3.05, 3.63) is 22.5 Å². The Morgan fingerprint density at radius 1 is 1.67 bits per heavy atom. The molecule has 0 aromatic heterocycles. The van der Waals surface area contributed by atoms with Gasteiger partial charge in [0.2, 0.25) is 0 Å². The van der Waals surface area contributed by atoms with Crippen molar-refractivity contribution in [1.82, 2.24) is 4.90 Å². The highest BCUT2D eigenvalue weighted by molar-refractivity contribution is 8.05. The normalized spacial score (nSPS) is 11.4. The third-order valence-electron chi connectivity index (χ3n) is 1.37. The zero-order chi connectivity index (χ0) is 9.56. The second-order valence-electron chi connectivity index (χ2n) is 2.80. The molecular weight excluding hydrogens is 165 g/mol. The molecule has 0 aromatic rings. The smallest absolute Gasteiger partial charge is 0.108 e. The van der Waals surface area contributed by atoms with Gasteiger partial charge in [0.25, 0.3) is 0 Å². The quantitative estimate of drug-likeness (QED) is 0.599. The molecule has 0 N–H and O–H groups in total. The molecule has 0 amide bonds. The molecule has 12 heavy (non-hydrogen) atoms. The molecule has 0 spiro atoms. The Balaban J connectivity index is 3.79. The first kappa shape index (κ1) is 11.7. The van der Waals surface area contributed by atoms with Crippen LogP contribution in [0.25, 0.3) is 0 Å². The Morgan fingerprint density at radius 2 is 2.25 bits per heavy atom. The van der Waals surface area contributed by atoms with Gasteiger partial charge in [-0.15, -0.1) is 5.47 Å². The Morgan fingerprint density at radius 3 is 2.67 bits per heavy atom. The van der Waals surface area contributed by atoms with Gasteiger partial charge in [0.15, 0.2) is 0 Å². The number of hydrogen-bond acceptors (Lipinski definition) is 2. The van der Waals surface area contributed by atoms with Crippen LogP contribution < -0.4 is 0 Å². The van der Waals surface area contributed by atoms with Gasteiger partial charge in [-0.2, -0.15) is 0 Å².